The molecular weight excluding hydrogens is 436 g/mol. The first kappa shape index (κ1) is 20.6. The van der Waals surface area contributed by atoms with Crippen LogP contribution in [0.2, 0.25) is 0 Å². The first-order valence-corrected chi connectivity index (χ1v) is 12.2. The third-order valence-corrected chi connectivity index (χ3v) is 7.27. The highest BCUT2D eigenvalue weighted by Gasteiger charge is 2.18. The van der Waals surface area contributed by atoms with Crippen molar-refractivity contribution in [3.05, 3.63) is 82.8 Å². The topological polar surface area (TPSA) is 59.8 Å². The summed E-state index contributed by atoms with van der Waals surface area (Å²) in [5, 5.41) is 6.04. The maximum atomic E-state index is 12.9. The predicted molar refractivity (Wildman–Crippen MR) is 132 cm³/mol. The summed E-state index contributed by atoms with van der Waals surface area (Å²) in [6, 6.07) is 22.2. The fourth-order valence-corrected chi connectivity index (χ4v) is 5.67. The number of fused-ring (bicyclic) bond motifs is 1. The van der Waals surface area contributed by atoms with Crippen LogP contribution in [0.5, 0.6) is 0 Å². The Kier molecular flexibility index (Phi) is 5.83. The van der Waals surface area contributed by atoms with Crippen molar-refractivity contribution < 1.29 is 4.79 Å². The number of rotatable bonds is 7. The second-order valence-corrected chi connectivity index (χ2v) is 9.38. The number of hydrogen-bond acceptors (Lipinski definition) is 5. The van der Waals surface area contributed by atoms with Gasteiger partial charge in [-0.2, -0.15) is 0 Å². The Bertz CT molecular complexity index is 1350. The van der Waals surface area contributed by atoms with Gasteiger partial charge in [0.05, 0.1) is 34.6 Å². The minimum atomic E-state index is -0.0271. The largest absolute Gasteiger partial charge is 0.349 e. The minimum absolute atomic E-state index is 0.0271. The highest BCUT2D eigenvalue weighted by molar-refractivity contribution is 7.17. The normalized spacial score (nSPS) is 11.2. The number of imidazole rings is 1. The van der Waals surface area contributed by atoms with Crippen molar-refractivity contribution in [1.29, 1.82) is 0 Å². The molecule has 0 spiro atoms. The molecule has 0 atom stereocenters. The van der Waals surface area contributed by atoms with Gasteiger partial charge in [-0.1, -0.05) is 48.5 Å². The molecule has 160 valence electrons. The molecule has 5 rings (SSSR count). The second kappa shape index (κ2) is 9.06. The van der Waals surface area contributed by atoms with Crippen LogP contribution in [-0.2, 0) is 24.3 Å². The van der Waals surface area contributed by atoms with Gasteiger partial charge >= 0.3 is 0 Å². The lowest BCUT2D eigenvalue weighted by Gasteiger charge is -2.08. The van der Waals surface area contributed by atoms with E-state index in [9.17, 15) is 4.79 Å². The van der Waals surface area contributed by atoms with E-state index in [0.29, 0.717) is 13.0 Å². The van der Waals surface area contributed by atoms with E-state index in [2.05, 4.69) is 41.1 Å². The van der Waals surface area contributed by atoms with Gasteiger partial charge in [-0.25, -0.2) is 9.97 Å². The van der Waals surface area contributed by atoms with Crippen molar-refractivity contribution >= 4 is 39.6 Å². The van der Waals surface area contributed by atoms with Crippen LogP contribution in [0.1, 0.15) is 17.6 Å². The van der Waals surface area contributed by atoms with E-state index >= 15 is 0 Å². The van der Waals surface area contributed by atoms with Gasteiger partial charge in [0.1, 0.15) is 10.8 Å². The van der Waals surface area contributed by atoms with Gasteiger partial charge in [0.25, 0.3) is 0 Å². The van der Waals surface area contributed by atoms with Crippen LogP contribution in [0.3, 0.4) is 0 Å². The van der Waals surface area contributed by atoms with E-state index in [1.54, 1.807) is 22.7 Å². The van der Waals surface area contributed by atoms with E-state index < -0.39 is 0 Å². The molecule has 5 aromatic rings. The number of benzene rings is 2. The van der Waals surface area contributed by atoms with E-state index in [-0.39, 0.29) is 5.91 Å². The molecule has 0 fully saturated rings. The molecule has 0 aliphatic rings. The summed E-state index contributed by atoms with van der Waals surface area (Å²) in [7, 11) is 0. The lowest BCUT2D eigenvalue weighted by atomic mass is 10.2. The quantitative estimate of drug-likeness (QED) is 0.337. The standard InChI is InChI=1S/C25H22N4OS2/c1-2-29-19-12-7-6-11-18(19)27-22(29)16-26-23(30)15-21-24(20-13-8-14-31-20)28-25(32-21)17-9-4-3-5-10-17/h3-14H,2,15-16H2,1H3,(H,26,30). The number of nitrogens with zero attached hydrogens (tertiary/aromatic N) is 3. The Hall–Kier alpha value is -3.29. The zero-order valence-corrected chi connectivity index (χ0v) is 19.2. The fourth-order valence-electron chi connectivity index (χ4n) is 3.78. The summed E-state index contributed by atoms with van der Waals surface area (Å²) in [6.07, 6.45) is 0.296. The summed E-state index contributed by atoms with van der Waals surface area (Å²) < 4.78 is 2.15. The highest BCUT2D eigenvalue weighted by Crippen LogP contribution is 2.36. The number of hydrogen-bond donors (Lipinski definition) is 1. The Morgan fingerprint density at radius 2 is 1.81 bits per heavy atom. The average molecular weight is 459 g/mol. The first-order valence-electron chi connectivity index (χ1n) is 10.5. The molecule has 32 heavy (non-hydrogen) atoms. The van der Waals surface area contributed by atoms with Crippen molar-refractivity contribution in [1.82, 2.24) is 19.9 Å². The molecule has 5 nitrogen and oxygen atoms in total. The molecule has 0 aliphatic heterocycles. The van der Waals surface area contributed by atoms with Crippen LogP contribution >= 0.6 is 22.7 Å². The molecule has 0 saturated heterocycles. The number of aryl methyl sites for hydroxylation is 1. The van der Waals surface area contributed by atoms with Gasteiger partial charge in [0.15, 0.2) is 0 Å². The fraction of sp³-hybridized carbons (Fsp3) is 0.160. The molecular formula is C25H22N4OS2. The highest BCUT2D eigenvalue weighted by atomic mass is 32.1. The summed E-state index contributed by atoms with van der Waals surface area (Å²) in [6.45, 7) is 3.30. The minimum Gasteiger partial charge on any atom is -0.349 e. The molecule has 0 aliphatic carbocycles. The maximum absolute atomic E-state index is 12.9. The predicted octanol–water partition coefficient (Wildman–Crippen LogP) is 5.77. The molecule has 0 bridgehead atoms. The molecule has 3 heterocycles. The second-order valence-electron chi connectivity index (χ2n) is 7.35. The number of aromatic nitrogens is 3. The third kappa shape index (κ3) is 4.09. The number of nitrogens with one attached hydrogen (secondary N) is 1. The van der Waals surface area contributed by atoms with Crippen LogP contribution < -0.4 is 5.32 Å². The van der Waals surface area contributed by atoms with Crippen LogP contribution in [-0.4, -0.2) is 20.4 Å². The van der Waals surface area contributed by atoms with Crippen molar-refractivity contribution in [2.45, 2.75) is 26.4 Å². The summed E-state index contributed by atoms with van der Waals surface area (Å²) in [5.74, 6) is 0.843. The van der Waals surface area contributed by atoms with E-state index in [1.165, 1.54) is 0 Å². The molecule has 0 unspecified atom stereocenters. The first-order chi connectivity index (χ1) is 15.7. The number of thiazole rings is 1. The smallest absolute Gasteiger partial charge is 0.225 e. The Morgan fingerprint density at radius 3 is 2.59 bits per heavy atom. The van der Waals surface area contributed by atoms with Crippen LogP contribution in [0.25, 0.3) is 32.2 Å². The van der Waals surface area contributed by atoms with Gasteiger partial charge < -0.3 is 9.88 Å². The number of para-hydroxylation sites is 2. The zero-order chi connectivity index (χ0) is 21.9. The van der Waals surface area contributed by atoms with Crippen LogP contribution in [0, 0.1) is 0 Å². The number of carbonyl (C=O) groups excluding carboxylic acids is 1. The summed E-state index contributed by atoms with van der Waals surface area (Å²) in [4.78, 5) is 24.6. The molecule has 2 aromatic carbocycles. The average Bonchev–Trinajstić information content (AvgIpc) is 3.56. The van der Waals surface area contributed by atoms with Crippen molar-refractivity contribution in [2.24, 2.45) is 0 Å². The Morgan fingerprint density at radius 1 is 1.00 bits per heavy atom. The SMILES string of the molecule is CCn1c(CNC(=O)Cc2sc(-c3ccccc3)nc2-c2cccs2)nc2ccccc21. The van der Waals surface area contributed by atoms with Crippen LogP contribution in [0.4, 0.5) is 0 Å². The Labute approximate surface area is 194 Å². The van der Waals surface area contributed by atoms with Gasteiger partial charge in [-0.3, -0.25) is 4.79 Å². The van der Waals surface area contributed by atoms with Gasteiger partial charge in [0, 0.05) is 17.0 Å². The number of thiophene rings is 1. The van der Waals surface area contributed by atoms with E-state index in [1.807, 2.05) is 47.8 Å². The lowest BCUT2D eigenvalue weighted by molar-refractivity contribution is -0.120. The molecule has 3 aromatic heterocycles. The van der Waals surface area contributed by atoms with E-state index in [0.717, 1.165) is 49.4 Å². The van der Waals surface area contributed by atoms with Crippen LogP contribution in [0.15, 0.2) is 72.1 Å². The van der Waals surface area contributed by atoms with Crippen molar-refractivity contribution in [2.75, 3.05) is 0 Å². The summed E-state index contributed by atoms with van der Waals surface area (Å²) >= 11 is 3.23. The van der Waals surface area contributed by atoms with Gasteiger partial charge in [0.2, 0.25) is 5.91 Å². The Balaban J connectivity index is 1.37. The lowest BCUT2D eigenvalue weighted by Crippen LogP contribution is -2.26. The van der Waals surface area contributed by atoms with E-state index in [4.69, 9.17) is 9.97 Å². The van der Waals surface area contributed by atoms with Gasteiger partial charge in [-0.15, -0.1) is 22.7 Å². The maximum Gasteiger partial charge on any atom is 0.225 e. The van der Waals surface area contributed by atoms with Crippen molar-refractivity contribution in [3.63, 3.8) is 0 Å². The molecule has 1 N–H and O–H groups in total. The van der Waals surface area contributed by atoms with Crippen molar-refractivity contribution in [3.8, 4) is 21.1 Å². The zero-order valence-electron chi connectivity index (χ0n) is 17.6. The summed E-state index contributed by atoms with van der Waals surface area (Å²) in [5.41, 5.74) is 4.01. The van der Waals surface area contributed by atoms with Gasteiger partial charge in [-0.05, 0) is 30.5 Å². The third-order valence-electron chi connectivity index (χ3n) is 5.29. The molecule has 7 heteroatoms. The molecule has 1 amide bonds. The number of amides is 1. The number of carbonyl (C=O) groups is 1. The molecule has 0 radical (unpaired) electrons. The molecule has 0 saturated carbocycles. The monoisotopic (exact) mass is 458 g/mol.